The molecule has 0 unspecified atom stereocenters. The van der Waals surface area contributed by atoms with Crippen molar-refractivity contribution >= 4 is 193 Å². The van der Waals surface area contributed by atoms with E-state index in [9.17, 15) is 149 Å². The first-order valence-corrected chi connectivity index (χ1v) is 39.7. The van der Waals surface area contributed by atoms with Crippen molar-refractivity contribution in [3.8, 4) is 23.0 Å². The molecule has 0 aliphatic rings. The number of rotatable bonds is 25. The summed E-state index contributed by atoms with van der Waals surface area (Å²) in [6, 6.07) is 9.65. The molecule has 0 spiro atoms. The molecule has 108 heavy (non-hydrogen) atoms. The number of non-ortho nitro benzene ring substituents is 1. The summed E-state index contributed by atoms with van der Waals surface area (Å²) < 4.78 is 292. The Morgan fingerprint density at radius 1 is 0.426 bits per heavy atom. The Hall–Kier alpha value is -11.6. The number of hydrogen-bond donors (Lipinski definition) is 14. The molecule has 0 fully saturated rings. The van der Waals surface area contributed by atoms with Crippen LogP contribution in [0.1, 0.15) is 32.7 Å². The van der Waals surface area contributed by atoms with Crippen molar-refractivity contribution in [1.29, 1.82) is 0 Å². The summed E-state index contributed by atoms with van der Waals surface area (Å²) >= 11 is 0. The molecule has 15 N–H and O–H groups in total. The molecule has 9 rings (SSSR count). The molecule has 0 saturated carbocycles. The summed E-state index contributed by atoms with van der Waals surface area (Å²) in [4.78, 5) is 22.9. The van der Waals surface area contributed by atoms with Gasteiger partial charge in [0, 0.05) is 45.1 Å². The van der Waals surface area contributed by atoms with E-state index in [4.69, 9.17) is 10.5 Å². The van der Waals surface area contributed by atoms with Gasteiger partial charge in [0.1, 0.15) is 85.5 Å². The molecule has 0 saturated heterocycles. The zero-order valence-electron chi connectivity index (χ0n) is 52.5. The number of nitro groups is 1. The maximum absolute atomic E-state index is 13.3. The van der Waals surface area contributed by atoms with Crippen molar-refractivity contribution in [2.75, 3.05) is 18.1 Å². The van der Waals surface area contributed by atoms with Crippen LogP contribution in [0.3, 0.4) is 0 Å². The number of fused-ring (bicyclic) bond motifs is 3. The van der Waals surface area contributed by atoms with Crippen LogP contribution in [-0.2, 0) is 80.9 Å². The fourth-order valence-electron chi connectivity index (χ4n) is 9.89. The number of aromatic carboxylic acids is 2. The lowest BCUT2D eigenvalue weighted by molar-refractivity contribution is -0.385. The minimum atomic E-state index is -5.94. The molecule has 568 valence electrons. The van der Waals surface area contributed by atoms with Gasteiger partial charge in [0.25, 0.3) is 86.6 Å². The summed E-state index contributed by atoms with van der Waals surface area (Å²) in [5, 5.41) is 95.5. The lowest BCUT2D eigenvalue weighted by atomic mass is 10.0. The van der Waals surface area contributed by atoms with Gasteiger partial charge in [0.15, 0.2) is 17.2 Å². The molecule has 9 aromatic rings. The zero-order chi connectivity index (χ0) is 80.4. The molecule has 54 heteroatoms. The Morgan fingerprint density at radius 3 is 1.27 bits per heavy atom. The molecule has 46 nitrogen and oxygen atoms in total. The number of carboxylic acid groups (broad SMARTS) is 2. The van der Waals surface area contributed by atoms with Gasteiger partial charge in [0.05, 0.1) is 50.9 Å². The second kappa shape index (κ2) is 28.9. The molecule has 0 aromatic heterocycles. The number of phenols is 3. The molecule has 0 aliphatic carbocycles. The van der Waals surface area contributed by atoms with E-state index in [2.05, 4.69) is 51.1 Å². The first-order valence-electron chi connectivity index (χ1n) is 28.0. The maximum Gasteiger partial charge on any atom is 0.335 e. The Bertz CT molecular complexity index is 6630. The third-order valence-electron chi connectivity index (χ3n) is 14.5. The molecular weight excluding hydrogens is 1620 g/mol. The summed E-state index contributed by atoms with van der Waals surface area (Å²) in [5.41, 5.74) is -6.21. The van der Waals surface area contributed by atoms with Gasteiger partial charge in [0.2, 0.25) is 0 Å². The molecule has 0 amide bonds. The number of anilines is 1. The monoisotopic (exact) mass is 1660 g/mol. The van der Waals surface area contributed by atoms with Crippen molar-refractivity contribution < 1.29 is 149 Å². The number of aromatic hydroxyl groups is 3. The van der Waals surface area contributed by atoms with Crippen LogP contribution < -0.4 is 10.5 Å². The van der Waals surface area contributed by atoms with E-state index in [0.29, 0.717) is 36.4 Å². The molecule has 0 atom stereocenters. The Balaban J connectivity index is 1.16. The minimum Gasteiger partial charge on any atom is -0.505 e. The van der Waals surface area contributed by atoms with Gasteiger partial charge in [-0.3, -0.25) is 46.5 Å². The highest BCUT2D eigenvalue weighted by molar-refractivity contribution is 7.88. The first-order chi connectivity index (χ1) is 49.7. The highest BCUT2D eigenvalue weighted by Gasteiger charge is 2.34. The number of azo groups is 5. The third-order valence-corrected chi connectivity index (χ3v) is 21.6. The van der Waals surface area contributed by atoms with E-state index < -0.39 is 274 Å². The van der Waals surface area contributed by atoms with Crippen LogP contribution in [0.4, 0.5) is 68.2 Å². The first kappa shape index (κ1) is 80.5. The molecule has 0 radical (unpaired) electrons. The quantitative estimate of drug-likeness (QED) is 0.00631. The number of hydrogen-bond acceptors (Lipinski definition) is 35. The Labute approximate surface area is 602 Å². The van der Waals surface area contributed by atoms with Crippen molar-refractivity contribution in [3.63, 3.8) is 0 Å². The summed E-state index contributed by atoms with van der Waals surface area (Å²) in [7, 11) is -45.0. The second-order valence-electron chi connectivity index (χ2n) is 21.7. The largest absolute Gasteiger partial charge is 0.505 e. The smallest absolute Gasteiger partial charge is 0.335 e. The number of aryl methyl sites for hydroxylation is 1. The molecular formula is C54H40N12O34S8. The van der Waals surface area contributed by atoms with Gasteiger partial charge in [-0.1, -0.05) is 0 Å². The topological polar surface area (TPSA) is 772 Å². The van der Waals surface area contributed by atoms with E-state index in [0.717, 1.165) is 30.3 Å². The van der Waals surface area contributed by atoms with E-state index in [-0.39, 0.29) is 47.3 Å². The van der Waals surface area contributed by atoms with Crippen LogP contribution >= 0.6 is 0 Å². The zero-order valence-corrected chi connectivity index (χ0v) is 59.0. The number of benzene rings is 9. The normalized spacial score (nSPS) is 13.2. The SMILES string of the molecule is Cc1cc(N=Nc2c(S(=O)(=O)O)cc3c(S(=O)(=O)O)c(N=Nc4c(S(=O)(=O)O)cc5c(S(=O)(=O)O)c(N=Nc6cc(S(=O)(=O)O)c7cc(S(=O)(=O)O)c(N=Nc8ccc([N+](=O)[O-])cc8S(=O)(=O)O)c(O)c7c6N)ccc5c4O)ccc3c2O)c(OCCCS(=O)(=O)O)cc1N=Nc1cc(C(=O)O)cc(C(=O)O)c1. The van der Waals surface area contributed by atoms with Crippen molar-refractivity contribution in [1.82, 2.24) is 0 Å². The molecule has 9 aromatic carbocycles. The van der Waals surface area contributed by atoms with E-state index in [1.165, 1.54) is 6.92 Å². The number of phenolic OH excluding ortho intramolecular Hbond substituents is 3. The Morgan fingerprint density at radius 2 is 0.833 bits per heavy atom. The van der Waals surface area contributed by atoms with Crippen molar-refractivity contribution in [2.45, 2.75) is 47.6 Å². The number of nitrogens with zero attached hydrogens (tertiary/aromatic N) is 11. The van der Waals surface area contributed by atoms with Crippen LogP contribution in [0.5, 0.6) is 23.0 Å². The van der Waals surface area contributed by atoms with E-state index >= 15 is 0 Å². The Kier molecular flexibility index (Phi) is 21.6. The molecule has 0 bridgehead atoms. The van der Waals surface area contributed by atoms with Gasteiger partial charge < -0.3 is 36.0 Å². The van der Waals surface area contributed by atoms with E-state index in [1.807, 2.05) is 0 Å². The van der Waals surface area contributed by atoms with Crippen LogP contribution in [-0.4, -0.2) is 159 Å². The van der Waals surface area contributed by atoms with Gasteiger partial charge in [-0.05, 0) is 97.8 Å². The summed E-state index contributed by atoms with van der Waals surface area (Å²) in [5.74, 6) is -8.93. The van der Waals surface area contributed by atoms with Crippen LogP contribution in [0.2, 0.25) is 0 Å². The number of carboxylic acids is 2. The molecule has 0 heterocycles. The summed E-state index contributed by atoms with van der Waals surface area (Å²) in [6.07, 6.45) is -0.414. The van der Waals surface area contributed by atoms with Crippen molar-refractivity contribution in [2.24, 2.45) is 51.1 Å². The number of nitrogens with two attached hydrogens (primary N) is 1. The standard InChI is InChI=1S/C54H40N12O34S8/c1-21-11-35(37(100-9-2-10-101(76,77)78)19-34(21)60-56-24-13-22(53(70)71)12-23(14-24)54(72)73)61-64-46-41(105(88,89)90)17-29-27(49(46)68)5-8-33(52(29)108(97,98)99)59-63-45-40(104(85,86)87)16-28-26(48(45)67)4-7-32(51(28)107(94,95)96)58-62-36-20-38(102(79,80)81)30-18-42(106(91,92)93)47(50(69)43(30)44(36)55)65-57-31-6-3-25(66(74)75)15-39(31)103(82,83)84/h3-8,11-20,67-69H,2,9-10,55H2,1H3,(H,70,71)(H,72,73)(H,76,77,78)(H,79,80,81)(H,82,83,84)(H,85,86,87)(H,88,89,90)(H,91,92,93)(H,94,95,96)(H,97,98,99). The summed E-state index contributed by atoms with van der Waals surface area (Å²) in [6.45, 7) is 0.790. The third kappa shape index (κ3) is 17.3. The number of nitro benzene ring substituents is 1. The minimum absolute atomic E-state index is 0.0714. The van der Waals surface area contributed by atoms with Gasteiger partial charge in [-0.15, -0.1) is 40.9 Å². The second-order valence-corrected chi connectivity index (χ2v) is 32.9. The van der Waals surface area contributed by atoms with Gasteiger partial charge in [-0.2, -0.15) is 77.6 Å². The predicted octanol–water partition coefficient (Wildman–Crippen LogP) is 9.92. The highest BCUT2D eigenvalue weighted by Crippen LogP contribution is 2.52. The fourth-order valence-corrected chi connectivity index (χ4v) is 15.3. The number of carbonyl (C=O) groups is 2. The van der Waals surface area contributed by atoms with Crippen LogP contribution in [0.25, 0.3) is 32.3 Å². The highest BCUT2D eigenvalue weighted by atomic mass is 32.2. The van der Waals surface area contributed by atoms with Crippen LogP contribution in [0.15, 0.2) is 182 Å². The van der Waals surface area contributed by atoms with Gasteiger partial charge >= 0.3 is 11.9 Å². The lowest BCUT2D eigenvalue weighted by Gasteiger charge is -2.15. The van der Waals surface area contributed by atoms with Gasteiger partial charge in [-0.25, -0.2) is 9.59 Å². The molecule has 0 aliphatic heterocycles. The van der Waals surface area contributed by atoms with Crippen LogP contribution in [0, 0.1) is 17.0 Å². The average Bonchev–Trinajstić information content (AvgIpc) is 0.742. The number of ether oxygens (including phenoxy) is 1. The maximum atomic E-state index is 13.3. The van der Waals surface area contributed by atoms with Crippen molar-refractivity contribution in [3.05, 3.63) is 124 Å². The fraction of sp³-hybridized carbons (Fsp3) is 0.0741. The lowest BCUT2D eigenvalue weighted by Crippen LogP contribution is -2.08. The average molecular weight is 1660 g/mol. The number of nitrogen functional groups attached to an aromatic ring is 1. The predicted molar refractivity (Wildman–Crippen MR) is 362 cm³/mol. The van der Waals surface area contributed by atoms with E-state index in [1.54, 1.807) is 0 Å².